The molecule has 0 spiro atoms. The van der Waals surface area contributed by atoms with Gasteiger partial charge in [-0.2, -0.15) is 0 Å². The number of halogens is 1. The first kappa shape index (κ1) is 13.2. The van der Waals surface area contributed by atoms with Gasteiger partial charge in [-0.15, -0.1) is 11.6 Å². The Kier molecular flexibility index (Phi) is 4.71. The fourth-order valence-corrected chi connectivity index (χ4v) is 1.33. The summed E-state index contributed by atoms with van der Waals surface area (Å²) in [5.74, 6) is 0.519. The van der Waals surface area contributed by atoms with Crippen LogP contribution < -0.4 is 10.5 Å². The highest BCUT2D eigenvalue weighted by atomic mass is 35.5. The molecule has 0 fully saturated rings. The number of anilines is 1. The number of nitrogen functional groups attached to an aromatic ring is 1. The maximum Gasteiger partial charge on any atom is 0.311 e. The smallest absolute Gasteiger partial charge is 0.311 e. The number of benzene rings is 1. The van der Waals surface area contributed by atoms with Crippen molar-refractivity contribution in [3.05, 3.63) is 27.8 Å². The van der Waals surface area contributed by atoms with Crippen molar-refractivity contribution in [3.8, 4) is 5.75 Å². The van der Waals surface area contributed by atoms with E-state index in [1.807, 2.05) is 0 Å². The Morgan fingerprint density at radius 1 is 1.59 bits per heavy atom. The second-order valence-corrected chi connectivity index (χ2v) is 3.62. The highest BCUT2D eigenvalue weighted by molar-refractivity contribution is 6.17. The minimum Gasteiger partial charge on any atom is -0.487 e. The molecule has 0 saturated carbocycles. The molecule has 17 heavy (non-hydrogen) atoms. The van der Waals surface area contributed by atoms with Crippen LogP contribution in [-0.2, 0) is 0 Å². The summed E-state index contributed by atoms with van der Waals surface area (Å²) in [6.07, 6.45) is 1.55. The van der Waals surface area contributed by atoms with Gasteiger partial charge >= 0.3 is 5.69 Å². The van der Waals surface area contributed by atoms with E-state index in [1.54, 1.807) is 0 Å². The van der Waals surface area contributed by atoms with E-state index in [1.165, 1.54) is 12.1 Å². The van der Waals surface area contributed by atoms with Gasteiger partial charge in [-0.1, -0.05) is 0 Å². The summed E-state index contributed by atoms with van der Waals surface area (Å²) in [6, 6.07) is 2.57. The average molecular weight is 258 g/mol. The van der Waals surface area contributed by atoms with Gasteiger partial charge < -0.3 is 15.9 Å². The Balaban J connectivity index is 3.05. The topological polar surface area (TPSA) is 102 Å². The molecule has 0 aromatic heterocycles. The van der Waals surface area contributed by atoms with Gasteiger partial charge in [0.1, 0.15) is 0 Å². The number of ether oxygens (including phenoxy) is 1. The van der Waals surface area contributed by atoms with Crippen LogP contribution in [0.2, 0.25) is 0 Å². The van der Waals surface area contributed by atoms with Crippen molar-refractivity contribution >= 4 is 29.2 Å². The van der Waals surface area contributed by atoms with Crippen LogP contribution >= 0.6 is 11.6 Å². The fourth-order valence-electron chi connectivity index (χ4n) is 1.22. The molecule has 92 valence electrons. The fraction of sp³-hybridized carbons (Fsp3) is 0.300. The lowest BCUT2D eigenvalue weighted by atomic mass is 10.1. The van der Waals surface area contributed by atoms with E-state index >= 15 is 0 Å². The van der Waals surface area contributed by atoms with Gasteiger partial charge in [0.25, 0.3) is 0 Å². The van der Waals surface area contributed by atoms with Crippen molar-refractivity contribution in [2.24, 2.45) is 0 Å². The Labute approximate surface area is 103 Å². The van der Waals surface area contributed by atoms with E-state index in [4.69, 9.17) is 27.5 Å². The number of nitro groups is 1. The first-order chi connectivity index (χ1) is 8.10. The summed E-state index contributed by atoms with van der Waals surface area (Å²) in [4.78, 5) is 10.3. The van der Waals surface area contributed by atoms with Crippen LogP contribution in [-0.4, -0.2) is 23.6 Å². The maximum atomic E-state index is 10.8. The van der Waals surface area contributed by atoms with Gasteiger partial charge in [0, 0.05) is 35.5 Å². The normalized spacial score (nSPS) is 9.94. The van der Waals surface area contributed by atoms with E-state index < -0.39 is 4.92 Å². The third-order valence-electron chi connectivity index (χ3n) is 2.05. The minimum absolute atomic E-state index is 0.100. The van der Waals surface area contributed by atoms with Gasteiger partial charge in [-0.3, -0.25) is 10.1 Å². The molecule has 0 radical (unpaired) electrons. The number of hydrogen-bond donors (Lipinski definition) is 2. The van der Waals surface area contributed by atoms with Crippen LogP contribution in [0.15, 0.2) is 12.1 Å². The van der Waals surface area contributed by atoms with Crippen molar-refractivity contribution < 1.29 is 9.66 Å². The second kappa shape index (κ2) is 6.05. The van der Waals surface area contributed by atoms with E-state index in [0.717, 1.165) is 6.21 Å². The van der Waals surface area contributed by atoms with Crippen LogP contribution in [0.3, 0.4) is 0 Å². The Morgan fingerprint density at radius 2 is 2.29 bits per heavy atom. The number of rotatable bonds is 6. The second-order valence-electron chi connectivity index (χ2n) is 3.24. The summed E-state index contributed by atoms with van der Waals surface area (Å²) in [6.45, 7) is 0.285. The molecule has 0 aliphatic rings. The Bertz CT molecular complexity index is 437. The molecule has 1 aromatic carbocycles. The molecule has 0 atom stereocenters. The molecule has 0 saturated heterocycles. The summed E-state index contributed by atoms with van der Waals surface area (Å²) < 4.78 is 5.24. The van der Waals surface area contributed by atoms with Gasteiger partial charge in [0.05, 0.1) is 11.5 Å². The van der Waals surface area contributed by atoms with E-state index in [-0.39, 0.29) is 23.7 Å². The van der Waals surface area contributed by atoms with Crippen LogP contribution in [0, 0.1) is 15.5 Å². The molecule has 0 heterocycles. The molecule has 0 aliphatic carbocycles. The largest absolute Gasteiger partial charge is 0.487 e. The first-order valence-electron chi connectivity index (χ1n) is 4.87. The number of hydrogen-bond acceptors (Lipinski definition) is 5. The molecule has 1 rings (SSSR count). The van der Waals surface area contributed by atoms with E-state index in [9.17, 15) is 10.1 Å². The van der Waals surface area contributed by atoms with Gasteiger partial charge in [0.2, 0.25) is 0 Å². The van der Waals surface area contributed by atoms with Crippen LogP contribution in [0.25, 0.3) is 0 Å². The zero-order valence-corrected chi connectivity index (χ0v) is 9.74. The van der Waals surface area contributed by atoms with Gasteiger partial charge in [0.15, 0.2) is 5.75 Å². The van der Waals surface area contributed by atoms with Gasteiger partial charge in [-0.05, 0) is 6.42 Å². The standard InChI is InChI=1S/C10H12ClN3O3/c11-2-1-3-17-10-5-8(13)7(6-12)4-9(10)14(15)16/h4-6,12H,1-3,13H2. The minimum atomic E-state index is -0.567. The van der Waals surface area contributed by atoms with Gasteiger partial charge in [-0.25, -0.2) is 0 Å². The average Bonchev–Trinajstić information content (AvgIpc) is 2.29. The predicted molar refractivity (Wildman–Crippen MR) is 66.2 cm³/mol. The first-order valence-corrected chi connectivity index (χ1v) is 5.40. The molecule has 0 aliphatic heterocycles. The number of nitrogens with two attached hydrogens (primary N) is 1. The van der Waals surface area contributed by atoms with E-state index in [2.05, 4.69) is 0 Å². The number of nitrogens with zero attached hydrogens (tertiary/aromatic N) is 1. The summed E-state index contributed by atoms with van der Waals surface area (Å²) in [5.41, 5.74) is 5.99. The zero-order chi connectivity index (χ0) is 12.8. The number of nitrogens with one attached hydrogen (secondary N) is 1. The molecule has 3 N–H and O–H groups in total. The van der Waals surface area contributed by atoms with Crippen LogP contribution in [0.5, 0.6) is 5.75 Å². The lowest BCUT2D eigenvalue weighted by Crippen LogP contribution is -2.03. The lowest BCUT2D eigenvalue weighted by molar-refractivity contribution is -0.385. The third kappa shape index (κ3) is 3.32. The maximum absolute atomic E-state index is 10.8. The third-order valence-corrected chi connectivity index (χ3v) is 2.32. The lowest BCUT2D eigenvalue weighted by Gasteiger charge is -2.08. The van der Waals surface area contributed by atoms with Crippen molar-refractivity contribution in [1.29, 1.82) is 5.41 Å². The van der Waals surface area contributed by atoms with Crippen molar-refractivity contribution in [2.45, 2.75) is 6.42 Å². The quantitative estimate of drug-likeness (QED) is 0.204. The SMILES string of the molecule is N=Cc1cc([N+](=O)[O-])c(OCCCCl)cc1N. The summed E-state index contributed by atoms with van der Waals surface area (Å²) in [5, 5.41) is 17.9. The van der Waals surface area contributed by atoms with Crippen LogP contribution in [0.4, 0.5) is 11.4 Å². The zero-order valence-electron chi connectivity index (χ0n) is 8.98. The monoisotopic (exact) mass is 257 g/mol. The molecule has 0 bridgehead atoms. The Hall–Kier alpha value is -1.82. The van der Waals surface area contributed by atoms with E-state index in [0.29, 0.717) is 17.9 Å². The number of alkyl halides is 1. The molecular formula is C10H12ClN3O3. The number of nitro benzene ring substituents is 1. The van der Waals surface area contributed by atoms with Crippen molar-refractivity contribution in [1.82, 2.24) is 0 Å². The van der Waals surface area contributed by atoms with Crippen molar-refractivity contribution in [3.63, 3.8) is 0 Å². The molecule has 6 nitrogen and oxygen atoms in total. The predicted octanol–water partition coefficient (Wildman–Crippen LogP) is 2.18. The molecule has 1 aromatic rings. The summed E-state index contributed by atoms with van der Waals surface area (Å²) >= 11 is 5.48. The Morgan fingerprint density at radius 3 is 2.82 bits per heavy atom. The van der Waals surface area contributed by atoms with Crippen LogP contribution in [0.1, 0.15) is 12.0 Å². The summed E-state index contributed by atoms with van der Waals surface area (Å²) in [7, 11) is 0. The molecule has 0 amide bonds. The highest BCUT2D eigenvalue weighted by Gasteiger charge is 2.17. The molecule has 7 heteroatoms. The molecular weight excluding hydrogens is 246 g/mol. The van der Waals surface area contributed by atoms with Crippen molar-refractivity contribution in [2.75, 3.05) is 18.2 Å². The highest BCUT2D eigenvalue weighted by Crippen LogP contribution is 2.31. The molecule has 0 unspecified atom stereocenters.